The molecule has 0 aromatic carbocycles. The molecule has 7 unspecified atom stereocenters. The maximum absolute atomic E-state index is 13.3. The largest absolute Gasteiger partial charge is 0.459 e. The van der Waals surface area contributed by atoms with Gasteiger partial charge in [0.2, 0.25) is 0 Å². The molecule has 8 aliphatic carbocycles. The predicted octanol–water partition coefficient (Wildman–Crippen LogP) is 4.82. The van der Waals surface area contributed by atoms with E-state index in [1.54, 1.807) is 0 Å². The van der Waals surface area contributed by atoms with Gasteiger partial charge in [0.25, 0.3) is 0 Å². The molecule has 0 radical (unpaired) electrons. The topological polar surface area (TPSA) is 26.3 Å². The first-order valence-electron chi connectivity index (χ1n) is 11.4. The van der Waals surface area contributed by atoms with Crippen LogP contribution >= 0.6 is 0 Å². The van der Waals surface area contributed by atoms with Crippen LogP contribution in [-0.2, 0) is 9.53 Å². The molecule has 0 saturated heterocycles. The molecule has 0 spiro atoms. The van der Waals surface area contributed by atoms with E-state index in [1.807, 2.05) is 0 Å². The zero-order valence-electron chi connectivity index (χ0n) is 15.4. The van der Waals surface area contributed by atoms with Gasteiger partial charge in [0.15, 0.2) is 0 Å². The summed E-state index contributed by atoms with van der Waals surface area (Å²) in [7, 11) is 0. The summed E-state index contributed by atoms with van der Waals surface area (Å²) >= 11 is 0. The first-order chi connectivity index (χ1) is 12.2. The molecular weight excluding hydrogens is 308 g/mol. The van der Waals surface area contributed by atoms with Gasteiger partial charge in [-0.15, -0.1) is 0 Å². The van der Waals surface area contributed by atoms with Crippen molar-refractivity contribution in [2.24, 2.45) is 59.2 Å². The second kappa shape index (κ2) is 4.65. The van der Waals surface area contributed by atoms with Crippen molar-refractivity contribution in [2.45, 2.75) is 76.2 Å². The van der Waals surface area contributed by atoms with Gasteiger partial charge in [0.05, 0.1) is 5.92 Å². The van der Waals surface area contributed by atoms with Crippen molar-refractivity contribution in [3.05, 3.63) is 0 Å². The van der Waals surface area contributed by atoms with Gasteiger partial charge in [-0.25, -0.2) is 0 Å². The van der Waals surface area contributed by atoms with E-state index in [4.69, 9.17) is 4.74 Å². The molecule has 2 heteroatoms. The molecule has 136 valence electrons. The molecule has 0 heterocycles. The lowest BCUT2D eigenvalue weighted by molar-refractivity contribution is -0.193. The molecular formula is C23H32O2. The molecule has 0 N–H and O–H groups in total. The number of hydrogen-bond donors (Lipinski definition) is 0. The van der Waals surface area contributed by atoms with Crippen molar-refractivity contribution in [3.8, 4) is 0 Å². The number of hydrogen-bond acceptors (Lipinski definition) is 2. The number of esters is 1. The van der Waals surface area contributed by atoms with E-state index >= 15 is 0 Å². The van der Waals surface area contributed by atoms with E-state index < -0.39 is 0 Å². The number of rotatable bonds is 2. The first-order valence-corrected chi connectivity index (χ1v) is 11.4. The minimum absolute atomic E-state index is 0.0260. The maximum Gasteiger partial charge on any atom is 0.309 e. The van der Waals surface area contributed by atoms with Crippen molar-refractivity contribution in [2.75, 3.05) is 0 Å². The Morgan fingerprint density at radius 1 is 0.720 bits per heavy atom. The van der Waals surface area contributed by atoms with E-state index in [9.17, 15) is 4.79 Å². The molecule has 0 aliphatic heterocycles. The fraction of sp³-hybridized carbons (Fsp3) is 0.957. The molecule has 25 heavy (non-hydrogen) atoms. The smallest absolute Gasteiger partial charge is 0.309 e. The Labute approximate surface area is 151 Å². The molecule has 8 saturated carbocycles. The lowest BCUT2D eigenvalue weighted by Gasteiger charge is -2.56. The summed E-state index contributed by atoms with van der Waals surface area (Å²) in [4.78, 5) is 13.3. The van der Waals surface area contributed by atoms with Crippen LogP contribution in [-0.4, -0.2) is 11.6 Å². The second-order valence-electron chi connectivity index (χ2n) is 11.5. The molecule has 2 nitrogen and oxygen atoms in total. The molecule has 8 fully saturated rings. The minimum atomic E-state index is -0.0260. The maximum atomic E-state index is 13.3. The highest BCUT2D eigenvalue weighted by molar-refractivity contribution is 5.74. The highest BCUT2D eigenvalue weighted by Crippen LogP contribution is 2.69. The summed E-state index contributed by atoms with van der Waals surface area (Å²) in [6, 6.07) is 0. The van der Waals surface area contributed by atoms with E-state index in [0.29, 0.717) is 5.92 Å². The van der Waals surface area contributed by atoms with Gasteiger partial charge < -0.3 is 4.74 Å². The van der Waals surface area contributed by atoms with Crippen LogP contribution in [0.25, 0.3) is 0 Å². The van der Waals surface area contributed by atoms with Gasteiger partial charge in [0.1, 0.15) is 5.60 Å². The predicted molar refractivity (Wildman–Crippen MR) is 94.5 cm³/mol. The fourth-order valence-corrected chi connectivity index (χ4v) is 10.3. The Balaban J connectivity index is 1.11. The van der Waals surface area contributed by atoms with E-state index in [0.717, 1.165) is 47.3 Å². The summed E-state index contributed by atoms with van der Waals surface area (Å²) in [6.07, 6.45) is 14.9. The first kappa shape index (κ1) is 14.5. The van der Waals surface area contributed by atoms with Crippen molar-refractivity contribution >= 4 is 5.97 Å². The Bertz CT molecular complexity index is 588. The zero-order chi connectivity index (χ0) is 16.3. The monoisotopic (exact) mass is 340 g/mol. The van der Waals surface area contributed by atoms with Gasteiger partial charge in [-0.2, -0.15) is 0 Å². The van der Waals surface area contributed by atoms with Crippen LogP contribution < -0.4 is 0 Å². The third-order valence-corrected chi connectivity index (χ3v) is 10.3. The van der Waals surface area contributed by atoms with Crippen molar-refractivity contribution in [3.63, 3.8) is 0 Å². The number of fused-ring (bicyclic) bond motifs is 9. The van der Waals surface area contributed by atoms with Crippen LogP contribution in [0.15, 0.2) is 0 Å². The van der Waals surface area contributed by atoms with Gasteiger partial charge in [-0.1, -0.05) is 0 Å². The second-order valence-corrected chi connectivity index (χ2v) is 11.5. The number of carbonyl (C=O) groups excluding carboxylic acids is 1. The minimum Gasteiger partial charge on any atom is -0.459 e. The van der Waals surface area contributed by atoms with Crippen molar-refractivity contribution in [1.29, 1.82) is 0 Å². The van der Waals surface area contributed by atoms with Crippen molar-refractivity contribution < 1.29 is 9.53 Å². The van der Waals surface area contributed by atoms with E-state index in [1.165, 1.54) is 70.6 Å². The summed E-state index contributed by atoms with van der Waals surface area (Å²) in [5.41, 5.74) is -0.0260. The Morgan fingerprint density at radius 3 is 2.04 bits per heavy atom. The van der Waals surface area contributed by atoms with Crippen LogP contribution in [0.2, 0.25) is 0 Å². The van der Waals surface area contributed by atoms with Crippen LogP contribution in [0.1, 0.15) is 70.6 Å². The van der Waals surface area contributed by atoms with E-state index in [2.05, 4.69) is 0 Å². The molecule has 0 amide bonds. The summed E-state index contributed by atoms with van der Waals surface area (Å²) < 4.78 is 6.48. The molecule has 8 rings (SSSR count). The number of carbonyl (C=O) groups is 1. The third-order valence-electron chi connectivity index (χ3n) is 10.3. The standard InChI is InChI=1S/C23H32O2/c24-22(25-23-9-12-3-13(10-23)5-14(4-12)11-23)19-8-17-7-18(19)21-16-2-1-15(6-16)20(17)21/h12-21H,1-11H2. The molecule has 0 aromatic rings. The molecule has 8 bridgehead atoms. The summed E-state index contributed by atoms with van der Waals surface area (Å²) in [5, 5.41) is 0. The van der Waals surface area contributed by atoms with Crippen LogP contribution in [0.5, 0.6) is 0 Å². The average Bonchev–Trinajstić information content (AvgIpc) is 3.32. The summed E-state index contributed by atoms with van der Waals surface area (Å²) in [5.74, 6) is 8.63. The highest BCUT2D eigenvalue weighted by atomic mass is 16.6. The Morgan fingerprint density at radius 2 is 1.36 bits per heavy atom. The SMILES string of the molecule is O=C(OC12CC3CC(CC(C3)C1)C2)C1CC2CC1C1C3CCC(C3)C21. The quantitative estimate of drug-likeness (QED) is 0.532. The lowest BCUT2D eigenvalue weighted by atomic mass is 9.54. The highest BCUT2D eigenvalue weighted by Gasteiger charge is 2.64. The molecule has 7 atom stereocenters. The average molecular weight is 341 g/mol. The third kappa shape index (κ3) is 1.85. The molecule has 0 aromatic heterocycles. The Hall–Kier alpha value is -0.530. The van der Waals surface area contributed by atoms with Crippen LogP contribution in [0, 0.1) is 59.2 Å². The normalized spacial score (nSPS) is 62.6. The van der Waals surface area contributed by atoms with Crippen LogP contribution in [0.4, 0.5) is 0 Å². The van der Waals surface area contributed by atoms with Gasteiger partial charge in [0, 0.05) is 0 Å². The lowest BCUT2D eigenvalue weighted by Crippen LogP contribution is -2.53. The number of ether oxygens (including phenoxy) is 1. The van der Waals surface area contributed by atoms with Crippen LogP contribution in [0.3, 0.4) is 0 Å². The van der Waals surface area contributed by atoms with Gasteiger partial charge >= 0.3 is 5.97 Å². The van der Waals surface area contributed by atoms with Crippen molar-refractivity contribution in [1.82, 2.24) is 0 Å². The zero-order valence-corrected chi connectivity index (χ0v) is 15.4. The Kier molecular flexibility index (Phi) is 2.70. The molecule has 8 aliphatic rings. The fourth-order valence-electron chi connectivity index (χ4n) is 10.3. The summed E-state index contributed by atoms with van der Waals surface area (Å²) in [6.45, 7) is 0. The van der Waals surface area contributed by atoms with Gasteiger partial charge in [-0.3, -0.25) is 4.79 Å². The van der Waals surface area contributed by atoms with E-state index in [-0.39, 0.29) is 17.5 Å². The van der Waals surface area contributed by atoms with Gasteiger partial charge in [-0.05, 0) is 124 Å².